The molecule has 35 heavy (non-hydrogen) atoms. The highest BCUT2D eigenvalue weighted by atomic mass is 16.6. The molecule has 0 radical (unpaired) electrons. The lowest BCUT2D eigenvalue weighted by Gasteiger charge is -2.12. The lowest BCUT2D eigenvalue weighted by molar-refractivity contribution is -0.384. The standard InChI is InChI=1S/C27H22N4O4/c1-4-14-35-22-12-13-24-23(16-22)25(19-10-8-18(9-11-19)17(2)3)30-26(29-24)27(32)28-20-6-5-7-21(15-20)31(33)34/h1,5-13,15-17H,14H2,2-3H3,(H,28,32). The number of nitro groups is 1. The van der Waals surface area contributed by atoms with Crippen LogP contribution in [-0.4, -0.2) is 27.4 Å². The van der Waals surface area contributed by atoms with Crippen LogP contribution in [-0.2, 0) is 0 Å². The smallest absolute Gasteiger partial charge is 0.293 e. The molecule has 1 N–H and O–H groups in total. The van der Waals surface area contributed by atoms with Crippen LogP contribution in [0.4, 0.5) is 11.4 Å². The fourth-order valence-electron chi connectivity index (χ4n) is 3.55. The van der Waals surface area contributed by atoms with E-state index in [0.29, 0.717) is 28.3 Å². The molecule has 1 aromatic heterocycles. The normalized spacial score (nSPS) is 10.7. The minimum atomic E-state index is -0.583. The highest BCUT2D eigenvalue weighted by molar-refractivity contribution is 6.04. The molecule has 0 aliphatic carbocycles. The van der Waals surface area contributed by atoms with Crippen LogP contribution in [0.25, 0.3) is 22.2 Å². The molecule has 0 fully saturated rings. The summed E-state index contributed by atoms with van der Waals surface area (Å²) in [5.74, 6) is 2.72. The number of anilines is 1. The van der Waals surface area contributed by atoms with Crippen molar-refractivity contribution in [1.82, 2.24) is 9.97 Å². The monoisotopic (exact) mass is 466 g/mol. The van der Waals surface area contributed by atoms with Gasteiger partial charge in [0.05, 0.1) is 16.1 Å². The third-order valence-corrected chi connectivity index (χ3v) is 5.36. The van der Waals surface area contributed by atoms with Crippen molar-refractivity contribution < 1.29 is 14.5 Å². The summed E-state index contributed by atoms with van der Waals surface area (Å²) in [6.07, 6.45) is 5.31. The number of terminal acetylenes is 1. The predicted molar refractivity (Wildman–Crippen MR) is 134 cm³/mol. The van der Waals surface area contributed by atoms with Crippen LogP contribution in [0, 0.1) is 22.5 Å². The minimum absolute atomic E-state index is 0.0655. The Balaban J connectivity index is 1.78. The lowest BCUT2D eigenvalue weighted by Crippen LogP contribution is -2.16. The van der Waals surface area contributed by atoms with Crippen molar-refractivity contribution in [2.24, 2.45) is 0 Å². The topological polar surface area (TPSA) is 107 Å². The summed E-state index contributed by atoms with van der Waals surface area (Å²) in [5.41, 5.74) is 3.22. The number of nitro benzene ring substituents is 1. The lowest BCUT2D eigenvalue weighted by atomic mass is 9.99. The van der Waals surface area contributed by atoms with Crippen molar-refractivity contribution in [3.8, 4) is 29.4 Å². The van der Waals surface area contributed by atoms with Crippen LogP contribution in [0.2, 0.25) is 0 Å². The number of non-ortho nitro benzene ring substituents is 1. The molecule has 1 heterocycles. The third kappa shape index (κ3) is 5.25. The van der Waals surface area contributed by atoms with Gasteiger partial charge in [0.25, 0.3) is 11.6 Å². The van der Waals surface area contributed by atoms with Gasteiger partial charge in [-0.3, -0.25) is 14.9 Å². The highest BCUT2D eigenvalue weighted by Gasteiger charge is 2.17. The molecule has 174 valence electrons. The van der Waals surface area contributed by atoms with E-state index in [4.69, 9.17) is 11.2 Å². The predicted octanol–water partition coefficient (Wildman–Crippen LogP) is 5.59. The minimum Gasteiger partial charge on any atom is -0.481 e. The first-order chi connectivity index (χ1) is 16.9. The first-order valence-corrected chi connectivity index (χ1v) is 10.9. The Morgan fingerprint density at radius 3 is 2.57 bits per heavy atom. The summed E-state index contributed by atoms with van der Waals surface area (Å²) in [6.45, 7) is 4.34. The number of nitrogens with zero attached hydrogens (tertiary/aromatic N) is 3. The van der Waals surface area contributed by atoms with Gasteiger partial charge >= 0.3 is 0 Å². The number of carbonyl (C=O) groups excluding carboxylic acids is 1. The van der Waals surface area contributed by atoms with Crippen LogP contribution < -0.4 is 10.1 Å². The Morgan fingerprint density at radius 1 is 1.11 bits per heavy atom. The molecule has 0 unspecified atom stereocenters. The van der Waals surface area contributed by atoms with Gasteiger partial charge in [-0.05, 0) is 35.7 Å². The maximum absolute atomic E-state index is 13.0. The SMILES string of the molecule is C#CCOc1ccc2nc(C(=O)Nc3cccc([N+](=O)[O-])c3)nc(-c3ccc(C(C)C)cc3)c2c1. The Morgan fingerprint density at radius 2 is 1.89 bits per heavy atom. The van der Waals surface area contributed by atoms with Crippen molar-refractivity contribution in [1.29, 1.82) is 0 Å². The Labute approximate surface area is 202 Å². The van der Waals surface area contributed by atoms with Gasteiger partial charge in [0.15, 0.2) is 0 Å². The van der Waals surface area contributed by atoms with Crippen molar-refractivity contribution >= 4 is 28.2 Å². The van der Waals surface area contributed by atoms with Gasteiger partial charge in [0.2, 0.25) is 5.82 Å². The van der Waals surface area contributed by atoms with Crippen LogP contribution in [0.3, 0.4) is 0 Å². The second kappa shape index (κ2) is 10.0. The van der Waals surface area contributed by atoms with E-state index in [2.05, 4.69) is 35.1 Å². The number of hydrogen-bond donors (Lipinski definition) is 1. The van der Waals surface area contributed by atoms with E-state index in [1.165, 1.54) is 23.8 Å². The molecule has 8 heteroatoms. The zero-order valence-corrected chi connectivity index (χ0v) is 19.2. The molecule has 0 saturated heterocycles. The van der Waals surface area contributed by atoms with E-state index < -0.39 is 10.8 Å². The van der Waals surface area contributed by atoms with Gasteiger partial charge in [-0.2, -0.15) is 0 Å². The number of carbonyl (C=O) groups is 1. The van der Waals surface area contributed by atoms with E-state index in [1.54, 1.807) is 24.3 Å². The molecule has 0 aliphatic heterocycles. The van der Waals surface area contributed by atoms with E-state index in [9.17, 15) is 14.9 Å². The molecule has 0 saturated carbocycles. The maximum Gasteiger partial charge on any atom is 0.293 e. The molecule has 0 bridgehead atoms. The molecule has 3 aromatic carbocycles. The quantitative estimate of drug-likeness (QED) is 0.216. The molecular formula is C27H22N4O4. The van der Waals surface area contributed by atoms with Gasteiger partial charge < -0.3 is 10.1 Å². The summed E-state index contributed by atoms with van der Waals surface area (Å²) < 4.78 is 5.57. The number of rotatable bonds is 7. The Kier molecular flexibility index (Phi) is 6.69. The summed E-state index contributed by atoms with van der Waals surface area (Å²) in [7, 11) is 0. The molecule has 1 amide bonds. The van der Waals surface area contributed by atoms with Gasteiger partial charge in [0.1, 0.15) is 12.4 Å². The first kappa shape index (κ1) is 23.4. The summed E-state index contributed by atoms with van der Waals surface area (Å²) in [4.78, 5) is 32.6. The molecule has 0 atom stereocenters. The van der Waals surface area contributed by atoms with Crippen LogP contribution in [0.5, 0.6) is 5.75 Å². The van der Waals surface area contributed by atoms with Crippen molar-refractivity contribution in [3.63, 3.8) is 0 Å². The van der Waals surface area contributed by atoms with Gasteiger partial charge in [-0.15, -0.1) is 6.42 Å². The summed E-state index contributed by atoms with van der Waals surface area (Å²) in [5, 5.41) is 14.4. The summed E-state index contributed by atoms with van der Waals surface area (Å²) >= 11 is 0. The average Bonchev–Trinajstić information content (AvgIpc) is 2.86. The third-order valence-electron chi connectivity index (χ3n) is 5.36. The molecule has 4 aromatic rings. The fraction of sp³-hybridized carbons (Fsp3) is 0.148. The number of hydrogen-bond acceptors (Lipinski definition) is 6. The second-order valence-electron chi connectivity index (χ2n) is 8.11. The molecule has 4 rings (SSSR count). The van der Waals surface area contributed by atoms with Gasteiger partial charge in [-0.25, -0.2) is 9.97 Å². The maximum atomic E-state index is 13.0. The number of aromatic nitrogens is 2. The Bertz CT molecular complexity index is 1460. The Hall–Kier alpha value is -4.77. The molecule has 0 spiro atoms. The van der Waals surface area contributed by atoms with E-state index in [1.807, 2.05) is 24.3 Å². The van der Waals surface area contributed by atoms with Gasteiger partial charge in [-0.1, -0.05) is 50.1 Å². The average molecular weight is 466 g/mol. The van der Waals surface area contributed by atoms with Crippen molar-refractivity contribution in [3.05, 3.63) is 88.2 Å². The zero-order valence-electron chi connectivity index (χ0n) is 19.2. The number of amides is 1. The van der Waals surface area contributed by atoms with Crippen LogP contribution in [0.1, 0.15) is 35.9 Å². The first-order valence-electron chi connectivity index (χ1n) is 10.9. The van der Waals surface area contributed by atoms with Crippen molar-refractivity contribution in [2.75, 3.05) is 11.9 Å². The van der Waals surface area contributed by atoms with Gasteiger partial charge in [0, 0.05) is 28.8 Å². The molecule has 0 aliphatic rings. The highest BCUT2D eigenvalue weighted by Crippen LogP contribution is 2.30. The molecular weight excluding hydrogens is 444 g/mol. The number of ether oxygens (including phenoxy) is 1. The zero-order chi connectivity index (χ0) is 24.9. The van der Waals surface area contributed by atoms with E-state index in [0.717, 1.165) is 5.56 Å². The van der Waals surface area contributed by atoms with Crippen LogP contribution in [0.15, 0.2) is 66.7 Å². The van der Waals surface area contributed by atoms with Crippen molar-refractivity contribution in [2.45, 2.75) is 19.8 Å². The second-order valence-corrected chi connectivity index (χ2v) is 8.11. The fourth-order valence-corrected chi connectivity index (χ4v) is 3.55. The number of benzene rings is 3. The molecule has 8 nitrogen and oxygen atoms in total. The van der Waals surface area contributed by atoms with E-state index >= 15 is 0 Å². The van der Waals surface area contributed by atoms with E-state index in [-0.39, 0.29) is 23.8 Å². The van der Waals surface area contributed by atoms with Crippen LogP contribution >= 0.6 is 0 Å². The number of fused-ring (bicyclic) bond motifs is 1. The number of nitrogens with one attached hydrogen (secondary N) is 1. The largest absolute Gasteiger partial charge is 0.481 e. The summed E-state index contributed by atoms with van der Waals surface area (Å²) in [6, 6.07) is 18.9.